The standard InChI is InChI=1S/C38H47N9O3/c1-5-47(31-11-12-33(39)32(20-31)36(40)29-10-13-34(43-21-29)50-25(2)3)38(49)30-14-17-45(22-30)23-35(48)46-18-15-27(16-19-46)26-6-8-28(9-7-26)37(41)44-24-42-4/h6-13,15,20-21,24-25,30,40H,5,14,16-19,22-23,39H2,1-4H3,(H2,41,42,44). The Morgan fingerprint density at radius 1 is 1.12 bits per heavy atom. The van der Waals surface area contributed by atoms with Crippen LogP contribution in [0.2, 0.25) is 0 Å². The minimum atomic E-state index is -0.234. The van der Waals surface area contributed by atoms with Gasteiger partial charge in [0.2, 0.25) is 17.7 Å². The number of hydrogen-bond donors (Lipinski definition) is 4. The molecule has 0 saturated carbocycles. The normalized spacial score (nSPS) is 16.4. The number of aromatic nitrogens is 1. The number of nitrogens with zero attached hydrogens (tertiary/aromatic N) is 5. The second-order valence-electron chi connectivity index (χ2n) is 12.8. The summed E-state index contributed by atoms with van der Waals surface area (Å²) in [4.78, 5) is 41.2. The zero-order valence-electron chi connectivity index (χ0n) is 29.3. The molecule has 262 valence electrons. The van der Waals surface area contributed by atoms with Gasteiger partial charge in [-0.15, -0.1) is 0 Å². The highest BCUT2D eigenvalue weighted by Gasteiger charge is 2.33. The van der Waals surface area contributed by atoms with Crippen LogP contribution < -0.4 is 20.7 Å². The molecular weight excluding hydrogens is 630 g/mol. The molecule has 5 N–H and O–H groups in total. The molecule has 1 saturated heterocycles. The Bertz CT molecular complexity index is 1770. The summed E-state index contributed by atoms with van der Waals surface area (Å²) in [7, 11) is 1.74. The molecule has 12 heteroatoms. The molecule has 0 aliphatic carbocycles. The number of carbonyl (C=O) groups excluding carboxylic acids is 2. The number of pyridine rings is 1. The topological polar surface area (TPSA) is 164 Å². The van der Waals surface area contributed by atoms with Crippen molar-refractivity contribution in [1.82, 2.24) is 20.1 Å². The molecule has 2 amide bonds. The van der Waals surface area contributed by atoms with Crippen LogP contribution in [0, 0.1) is 16.7 Å². The van der Waals surface area contributed by atoms with Gasteiger partial charge in [-0.3, -0.25) is 25.3 Å². The molecule has 1 unspecified atom stereocenters. The highest BCUT2D eigenvalue weighted by Crippen LogP contribution is 2.28. The molecule has 0 bridgehead atoms. The summed E-state index contributed by atoms with van der Waals surface area (Å²) in [6.45, 7) is 8.90. The lowest BCUT2D eigenvalue weighted by molar-refractivity contribution is -0.132. The Kier molecular flexibility index (Phi) is 11.8. The minimum Gasteiger partial charge on any atom is -0.475 e. The smallest absolute Gasteiger partial charge is 0.237 e. The highest BCUT2D eigenvalue weighted by atomic mass is 16.5. The van der Waals surface area contributed by atoms with E-state index in [0.717, 1.165) is 17.5 Å². The van der Waals surface area contributed by atoms with Gasteiger partial charge in [0, 0.05) is 73.6 Å². The van der Waals surface area contributed by atoms with E-state index in [-0.39, 0.29) is 41.9 Å². The first-order valence-corrected chi connectivity index (χ1v) is 17.1. The van der Waals surface area contributed by atoms with E-state index >= 15 is 0 Å². The third-order valence-electron chi connectivity index (χ3n) is 8.98. The molecule has 2 aromatic carbocycles. The molecule has 2 aliphatic heterocycles. The molecule has 5 rings (SSSR count). The Balaban J connectivity index is 1.16. The summed E-state index contributed by atoms with van der Waals surface area (Å²) >= 11 is 0. The van der Waals surface area contributed by atoms with E-state index in [1.807, 2.05) is 56.0 Å². The predicted molar refractivity (Wildman–Crippen MR) is 199 cm³/mol. The molecule has 3 aromatic rings. The number of carbonyl (C=O) groups is 2. The summed E-state index contributed by atoms with van der Waals surface area (Å²) in [6, 6.07) is 16.7. The SMILES string of the molecule is CCN(C(=O)C1CCN(CC(=O)N2CC=C(c3ccc(C(=N)/N=C\NC)cc3)CC2)C1)c1ccc(N)c(C(=N)c2ccc(OC(C)C)nc2)c1. The number of rotatable bonds is 12. The molecule has 1 atom stereocenters. The molecule has 3 heterocycles. The number of nitrogens with one attached hydrogen (secondary N) is 3. The van der Waals surface area contributed by atoms with E-state index in [1.165, 1.54) is 11.9 Å². The van der Waals surface area contributed by atoms with Gasteiger partial charge in [0.05, 0.1) is 30.6 Å². The van der Waals surface area contributed by atoms with Crippen LogP contribution in [0.1, 0.15) is 55.9 Å². The maximum absolute atomic E-state index is 13.8. The first-order valence-electron chi connectivity index (χ1n) is 17.1. The van der Waals surface area contributed by atoms with Gasteiger partial charge in [-0.2, -0.15) is 0 Å². The van der Waals surface area contributed by atoms with Crippen LogP contribution in [-0.2, 0) is 9.59 Å². The lowest BCUT2D eigenvalue weighted by atomic mass is 9.98. The predicted octanol–water partition coefficient (Wildman–Crippen LogP) is 4.43. The van der Waals surface area contributed by atoms with Crippen LogP contribution in [0.4, 0.5) is 11.4 Å². The summed E-state index contributed by atoms with van der Waals surface area (Å²) in [5.74, 6) is 0.512. The highest BCUT2D eigenvalue weighted by molar-refractivity contribution is 6.14. The number of amidine groups is 1. The second-order valence-corrected chi connectivity index (χ2v) is 12.8. The van der Waals surface area contributed by atoms with Gasteiger partial charge in [0.25, 0.3) is 0 Å². The number of aliphatic imine (C=N–C) groups is 1. The molecule has 1 fully saturated rings. The number of hydrogen-bond acceptors (Lipinski definition) is 8. The number of anilines is 2. The number of ether oxygens (including phenoxy) is 1. The van der Waals surface area contributed by atoms with Gasteiger partial charge in [-0.05, 0) is 75.6 Å². The van der Waals surface area contributed by atoms with Crippen LogP contribution >= 0.6 is 0 Å². The first kappa shape index (κ1) is 35.9. The molecule has 0 spiro atoms. The quantitative estimate of drug-likeness (QED) is 0.125. The Morgan fingerprint density at radius 2 is 1.88 bits per heavy atom. The van der Waals surface area contributed by atoms with Crippen molar-refractivity contribution in [3.8, 4) is 5.88 Å². The van der Waals surface area contributed by atoms with Crippen molar-refractivity contribution in [3.05, 3.63) is 89.1 Å². The van der Waals surface area contributed by atoms with Crippen LogP contribution in [0.25, 0.3) is 5.57 Å². The number of nitrogen functional groups attached to an aromatic ring is 1. The fraction of sp³-hybridized carbons (Fsp3) is 0.368. The number of nitrogens with two attached hydrogens (primary N) is 1. The summed E-state index contributed by atoms with van der Waals surface area (Å²) in [6.07, 6.45) is 6.61. The second kappa shape index (κ2) is 16.4. The molecule has 2 aliphatic rings. The lowest BCUT2D eigenvalue weighted by Crippen LogP contribution is -2.42. The largest absolute Gasteiger partial charge is 0.475 e. The zero-order valence-corrected chi connectivity index (χ0v) is 29.3. The van der Waals surface area contributed by atoms with Crippen molar-refractivity contribution >= 4 is 46.6 Å². The first-order chi connectivity index (χ1) is 24.1. The van der Waals surface area contributed by atoms with E-state index in [9.17, 15) is 9.59 Å². The summed E-state index contributed by atoms with van der Waals surface area (Å²) in [5, 5.41) is 19.7. The van der Waals surface area contributed by atoms with Crippen molar-refractivity contribution in [2.75, 3.05) is 56.9 Å². The zero-order chi connectivity index (χ0) is 35.8. The minimum absolute atomic E-state index is 0.00194. The molecule has 12 nitrogen and oxygen atoms in total. The Hall–Kier alpha value is -5.36. The summed E-state index contributed by atoms with van der Waals surface area (Å²) < 4.78 is 5.63. The maximum atomic E-state index is 13.8. The van der Waals surface area contributed by atoms with Crippen LogP contribution in [0.5, 0.6) is 5.88 Å². The number of amides is 2. The van der Waals surface area contributed by atoms with E-state index in [0.29, 0.717) is 67.5 Å². The van der Waals surface area contributed by atoms with E-state index in [4.69, 9.17) is 21.3 Å². The monoisotopic (exact) mass is 677 g/mol. The van der Waals surface area contributed by atoms with Gasteiger partial charge in [0.1, 0.15) is 0 Å². The average Bonchev–Trinajstić information content (AvgIpc) is 3.60. The lowest BCUT2D eigenvalue weighted by Gasteiger charge is -2.29. The Morgan fingerprint density at radius 3 is 2.52 bits per heavy atom. The van der Waals surface area contributed by atoms with Gasteiger partial charge in [-0.25, -0.2) is 9.98 Å². The van der Waals surface area contributed by atoms with E-state index in [1.54, 1.807) is 42.4 Å². The van der Waals surface area contributed by atoms with Crippen molar-refractivity contribution < 1.29 is 14.3 Å². The maximum Gasteiger partial charge on any atom is 0.237 e. The van der Waals surface area contributed by atoms with Gasteiger partial charge < -0.3 is 25.6 Å². The van der Waals surface area contributed by atoms with Crippen molar-refractivity contribution in [2.45, 2.75) is 39.7 Å². The van der Waals surface area contributed by atoms with Crippen LogP contribution in [0.15, 0.2) is 71.9 Å². The molecular formula is C38H47N9O3. The molecule has 0 radical (unpaired) electrons. The van der Waals surface area contributed by atoms with Gasteiger partial charge in [0.15, 0.2) is 5.84 Å². The average molecular weight is 678 g/mol. The fourth-order valence-electron chi connectivity index (χ4n) is 6.28. The van der Waals surface area contributed by atoms with E-state index in [2.05, 4.69) is 26.3 Å². The Labute approximate surface area is 294 Å². The molecule has 50 heavy (non-hydrogen) atoms. The van der Waals surface area contributed by atoms with E-state index < -0.39 is 0 Å². The fourth-order valence-corrected chi connectivity index (χ4v) is 6.28. The number of likely N-dealkylation sites (tertiary alicyclic amines) is 1. The van der Waals surface area contributed by atoms with Gasteiger partial charge in [-0.1, -0.05) is 30.3 Å². The number of benzene rings is 2. The van der Waals surface area contributed by atoms with Gasteiger partial charge >= 0.3 is 0 Å². The van der Waals surface area contributed by atoms with Crippen molar-refractivity contribution in [1.29, 1.82) is 10.8 Å². The molecule has 1 aromatic heterocycles. The van der Waals surface area contributed by atoms with Crippen molar-refractivity contribution in [3.63, 3.8) is 0 Å². The summed E-state index contributed by atoms with van der Waals surface area (Å²) in [5.41, 5.74) is 11.8. The third-order valence-corrected chi connectivity index (χ3v) is 8.98. The van der Waals surface area contributed by atoms with Crippen molar-refractivity contribution in [2.24, 2.45) is 10.9 Å². The van der Waals surface area contributed by atoms with Crippen LogP contribution in [-0.4, -0.2) is 96.9 Å². The van der Waals surface area contributed by atoms with Crippen LogP contribution in [0.3, 0.4) is 0 Å². The third kappa shape index (κ3) is 8.61.